The van der Waals surface area contributed by atoms with E-state index in [2.05, 4.69) is 5.32 Å². The summed E-state index contributed by atoms with van der Waals surface area (Å²) in [6, 6.07) is 25.0. The highest BCUT2D eigenvalue weighted by atomic mass is 16.5. The summed E-state index contributed by atoms with van der Waals surface area (Å²) in [5.74, 6) is 1.11. The predicted octanol–water partition coefficient (Wildman–Crippen LogP) is 5.36. The van der Waals surface area contributed by atoms with E-state index in [1.165, 1.54) is 12.8 Å². The molecule has 5 rings (SSSR count). The minimum atomic E-state index is -0.627. The van der Waals surface area contributed by atoms with Crippen LogP contribution in [0.4, 0.5) is 0 Å². The number of benzene rings is 3. The van der Waals surface area contributed by atoms with E-state index < -0.39 is 6.04 Å². The molecular formula is C32H34N2O5. The van der Waals surface area contributed by atoms with Gasteiger partial charge >= 0.3 is 5.97 Å². The monoisotopic (exact) mass is 526 g/mol. The molecule has 0 unspecified atom stereocenters. The summed E-state index contributed by atoms with van der Waals surface area (Å²) >= 11 is 0. The summed E-state index contributed by atoms with van der Waals surface area (Å²) in [4.78, 5) is 40.8. The number of amides is 2. The zero-order valence-corrected chi connectivity index (χ0v) is 22.0. The molecule has 0 spiro atoms. The van der Waals surface area contributed by atoms with Crippen molar-refractivity contribution in [2.75, 3.05) is 13.1 Å². The molecule has 0 aromatic heterocycles. The average Bonchev–Trinajstić information content (AvgIpc) is 3.67. The normalized spacial score (nSPS) is 19.0. The smallest absolute Gasteiger partial charge is 0.329 e. The van der Waals surface area contributed by atoms with Crippen LogP contribution in [0, 0.1) is 11.8 Å². The Bertz CT molecular complexity index is 1260. The van der Waals surface area contributed by atoms with Crippen molar-refractivity contribution < 1.29 is 23.9 Å². The van der Waals surface area contributed by atoms with Gasteiger partial charge in [0.1, 0.15) is 24.1 Å². The van der Waals surface area contributed by atoms with Crippen LogP contribution < -0.4 is 10.1 Å². The van der Waals surface area contributed by atoms with Gasteiger partial charge in [-0.05, 0) is 60.2 Å². The number of nitrogens with one attached hydrogen (secondary N) is 1. The molecule has 2 aliphatic rings. The lowest BCUT2D eigenvalue weighted by Gasteiger charge is -2.24. The molecule has 1 aliphatic carbocycles. The molecule has 1 N–H and O–H groups in total. The van der Waals surface area contributed by atoms with E-state index in [-0.39, 0.29) is 36.9 Å². The molecule has 39 heavy (non-hydrogen) atoms. The van der Waals surface area contributed by atoms with Gasteiger partial charge in [-0.2, -0.15) is 0 Å². The third-order valence-corrected chi connectivity index (χ3v) is 7.71. The Kier molecular flexibility index (Phi) is 8.56. The van der Waals surface area contributed by atoms with Gasteiger partial charge < -0.3 is 19.7 Å². The number of likely N-dealkylation sites (tertiary alicyclic amines) is 1. The fraction of sp³-hybridized carbons (Fsp3) is 0.344. The zero-order valence-electron chi connectivity index (χ0n) is 22.0. The number of para-hydroxylation sites is 1. The lowest BCUT2D eigenvalue weighted by Crippen LogP contribution is -2.46. The van der Waals surface area contributed by atoms with Gasteiger partial charge in [0.15, 0.2) is 0 Å². The molecule has 2 atom stereocenters. The van der Waals surface area contributed by atoms with E-state index in [1.54, 1.807) is 29.2 Å². The second-order valence-corrected chi connectivity index (χ2v) is 10.3. The number of carbonyl (C=O) groups excluding carboxylic acids is 3. The molecule has 2 amide bonds. The van der Waals surface area contributed by atoms with Gasteiger partial charge in [-0.1, -0.05) is 74.2 Å². The van der Waals surface area contributed by atoms with Crippen LogP contribution in [0.15, 0.2) is 84.9 Å². The van der Waals surface area contributed by atoms with E-state index in [4.69, 9.17) is 9.47 Å². The number of esters is 1. The third kappa shape index (κ3) is 6.85. The van der Waals surface area contributed by atoms with E-state index in [9.17, 15) is 14.4 Å². The maximum atomic E-state index is 13.3. The lowest BCUT2D eigenvalue weighted by molar-refractivity contribution is -0.154. The molecule has 3 aromatic carbocycles. The van der Waals surface area contributed by atoms with Crippen molar-refractivity contribution >= 4 is 17.8 Å². The average molecular weight is 527 g/mol. The maximum Gasteiger partial charge on any atom is 0.329 e. The first-order valence-electron chi connectivity index (χ1n) is 13.7. The molecule has 202 valence electrons. The van der Waals surface area contributed by atoms with Gasteiger partial charge in [-0.15, -0.1) is 0 Å². The largest absolute Gasteiger partial charge is 0.459 e. The fourth-order valence-corrected chi connectivity index (χ4v) is 5.62. The van der Waals surface area contributed by atoms with E-state index >= 15 is 0 Å². The highest BCUT2D eigenvalue weighted by molar-refractivity contribution is 5.97. The molecule has 1 aliphatic heterocycles. The molecule has 1 heterocycles. The zero-order chi connectivity index (χ0) is 27.0. The second kappa shape index (κ2) is 12.6. The van der Waals surface area contributed by atoms with Crippen molar-refractivity contribution in [1.82, 2.24) is 10.2 Å². The van der Waals surface area contributed by atoms with Crippen LogP contribution in [0.3, 0.4) is 0 Å². The standard InChI is InChI=1S/C32H34N2O5/c35-30(20-33-31(36)25-15-17-28(18-16-25)39-27-13-5-2-6-14-27)34-21-26(24-11-7-8-12-24)19-29(34)32(37)38-22-23-9-3-1-4-10-23/h1-6,9-10,13-18,24,26,29H,7-8,11-12,19-22H2,(H,33,36)/t26-,29+/m1/s1. The van der Waals surface area contributed by atoms with Crippen LogP contribution in [0.2, 0.25) is 0 Å². The number of rotatable bonds is 9. The third-order valence-electron chi connectivity index (χ3n) is 7.71. The van der Waals surface area contributed by atoms with Gasteiger partial charge in [-0.25, -0.2) is 4.79 Å². The molecule has 3 aromatic rings. The number of hydrogen-bond donors (Lipinski definition) is 1. The van der Waals surface area contributed by atoms with Crippen LogP contribution in [0.1, 0.15) is 48.0 Å². The quantitative estimate of drug-likeness (QED) is 0.380. The molecule has 0 radical (unpaired) electrons. The van der Waals surface area contributed by atoms with Crippen molar-refractivity contribution in [3.05, 3.63) is 96.1 Å². The first kappa shape index (κ1) is 26.5. The number of ether oxygens (including phenoxy) is 2. The highest BCUT2D eigenvalue weighted by Gasteiger charge is 2.43. The van der Waals surface area contributed by atoms with Crippen LogP contribution in [-0.4, -0.2) is 41.8 Å². The SMILES string of the molecule is O=C(NCC(=O)N1C[C@H](C2CCCC2)C[C@H]1C(=O)OCc1ccccc1)c1ccc(Oc2ccccc2)cc1. The van der Waals surface area contributed by atoms with E-state index in [1.807, 2.05) is 60.7 Å². The summed E-state index contributed by atoms with van der Waals surface area (Å²) in [7, 11) is 0. The van der Waals surface area contributed by atoms with E-state index in [0.29, 0.717) is 35.9 Å². The van der Waals surface area contributed by atoms with Gasteiger partial charge in [0.2, 0.25) is 5.91 Å². The van der Waals surface area contributed by atoms with Crippen molar-refractivity contribution in [2.45, 2.75) is 44.8 Å². The molecule has 7 heteroatoms. The Labute approximate surface area is 229 Å². The minimum Gasteiger partial charge on any atom is -0.459 e. The Balaban J connectivity index is 1.18. The first-order valence-corrected chi connectivity index (χ1v) is 13.7. The van der Waals surface area contributed by atoms with Crippen molar-refractivity contribution in [2.24, 2.45) is 11.8 Å². The Morgan fingerprint density at radius 3 is 2.13 bits per heavy atom. The van der Waals surface area contributed by atoms with Gasteiger partial charge in [0.05, 0.1) is 6.54 Å². The minimum absolute atomic E-state index is 0.174. The maximum absolute atomic E-state index is 13.3. The number of nitrogens with zero attached hydrogens (tertiary/aromatic N) is 1. The lowest BCUT2D eigenvalue weighted by atomic mass is 9.89. The number of carbonyl (C=O) groups is 3. The van der Waals surface area contributed by atoms with Crippen LogP contribution in [0.25, 0.3) is 0 Å². The number of hydrogen-bond acceptors (Lipinski definition) is 5. The van der Waals surface area contributed by atoms with Crippen LogP contribution >= 0.6 is 0 Å². The van der Waals surface area contributed by atoms with Gasteiger partial charge in [-0.3, -0.25) is 9.59 Å². The Morgan fingerprint density at radius 2 is 1.44 bits per heavy atom. The topological polar surface area (TPSA) is 84.9 Å². The van der Waals surface area contributed by atoms with E-state index in [0.717, 1.165) is 18.4 Å². The Hall–Kier alpha value is -4.13. The second-order valence-electron chi connectivity index (χ2n) is 10.3. The van der Waals surface area contributed by atoms with Crippen molar-refractivity contribution in [3.63, 3.8) is 0 Å². The summed E-state index contributed by atoms with van der Waals surface area (Å²) in [6.07, 6.45) is 5.28. The molecule has 1 saturated carbocycles. The van der Waals surface area contributed by atoms with Crippen LogP contribution in [0.5, 0.6) is 11.5 Å². The summed E-state index contributed by atoms with van der Waals surface area (Å²) in [6.45, 7) is 0.518. The summed E-state index contributed by atoms with van der Waals surface area (Å²) < 4.78 is 11.4. The fourth-order valence-electron chi connectivity index (χ4n) is 5.62. The van der Waals surface area contributed by atoms with Gasteiger partial charge in [0, 0.05) is 12.1 Å². The predicted molar refractivity (Wildman–Crippen MR) is 147 cm³/mol. The molecule has 2 fully saturated rings. The highest BCUT2D eigenvalue weighted by Crippen LogP contribution is 2.39. The van der Waals surface area contributed by atoms with Crippen molar-refractivity contribution in [3.8, 4) is 11.5 Å². The molecule has 0 bridgehead atoms. The van der Waals surface area contributed by atoms with Gasteiger partial charge in [0.25, 0.3) is 5.91 Å². The van der Waals surface area contributed by atoms with Crippen molar-refractivity contribution in [1.29, 1.82) is 0 Å². The van der Waals surface area contributed by atoms with Crippen LogP contribution in [-0.2, 0) is 20.9 Å². The molecule has 1 saturated heterocycles. The molecule has 7 nitrogen and oxygen atoms in total. The summed E-state index contributed by atoms with van der Waals surface area (Å²) in [5, 5.41) is 2.72. The first-order chi connectivity index (χ1) is 19.1. The molecular weight excluding hydrogens is 492 g/mol. The Morgan fingerprint density at radius 1 is 0.795 bits per heavy atom. The summed E-state index contributed by atoms with van der Waals surface area (Å²) in [5.41, 5.74) is 1.33.